The van der Waals surface area contributed by atoms with Crippen LogP contribution in [0.1, 0.15) is 36.0 Å². The Morgan fingerprint density at radius 1 is 1.16 bits per heavy atom. The molecule has 2 fully saturated rings. The van der Waals surface area contributed by atoms with Gasteiger partial charge in [-0.05, 0) is 47.4 Å². The molecule has 1 amide bonds. The van der Waals surface area contributed by atoms with Crippen molar-refractivity contribution in [2.24, 2.45) is 0 Å². The van der Waals surface area contributed by atoms with Gasteiger partial charge in [0.25, 0.3) is 0 Å². The predicted octanol–water partition coefficient (Wildman–Crippen LogP) is 5.04. The molecule has 10 heteroatoms. The van der Waals surface area contributed by atoms with Gasteiger partial charge in [0.05, 0.1) is 30.3 Å². The number of rotatable bonds is 9. The molecule has 198 valence electrons. The summed E-state index contributed by atoms with van der Waals surface area (Å²) in [6.07, 6.45) is -2.51. The standard InChI is InChI=1S/C27H30F3N3O4/c1-35-19-33-18-26(37-25(33)34)8-11-32(12-9-26)10-3-13-36-17-22-6-7-23(27(28,29)30)15-24(22)21-5-2-4-20(14-21)16-31/h2,4-7,14-15H,3,8-13,17-19H2,1H3. The Bertz CT molecular complexity index is 1140. The highest BCUT2D eigenvalue weighted by Crippen LogP contribution is 2.35. The van der Waals surface area contributed by atoms with Gasteiger partial charge < -0.3 is 19.1 Å². The van der Waals surface area contributed by atoms with Crippen molar-refractivity contribution < 1.29 is 32.2 Å². The zero-order valence-corrected chi connectivity index (χ0v) is 20.7. The lowest BCUT2D eigenvalue weighted by Gasteiger charge is -2.37. The highest BCUT2D eigenvalue weighted by atomic mass is 19.4. The number of alkyl halides is 3. The average molecular weight is 518 g/mol. The zero-order chi connectivity index (χ0) is 26.5. The fourth-order valence-corrected chi connectivity index (χ4v) is 4.87. The molecule has 2 aliphatic rings. The Morgan fingerprint density at radius 2 is 1.95 bits per heavy atom. The summed E-state index contributed by atoms with van der Waals surface area (Å²) in [7, 11) is 1.55. The van der Waals surface area contributed by atoms with Crippen LogP contribution in [0.3, 0.4) is 0 Å². The first-order valence-corrected chi connectivity index (χ1v) is 12.2. The van der Waals surface area contributed by atoms with Crippen LogP contribution in [-0.2, 0) is 27.0 Å². The summed E-state index contributed by atoms with van der Waals surface area (Å²) in [5, 5.41) is 9.19. The molecule has 0 atom stereocenters. The summed E-state index contributed by atoms with van der Waals surface area (Å²) in [5.74, 6) is 0. The topological polar surface area (TPSA) is 75.0 Å². The van der Waals surface area contributed by atoms with Gasteiger partial charge in [-0.15, -0.1) is 0 Å². The molecule has 0 radical (unpaired) electrons. The van der Waals surface area contributed by atoms with Crippen molar-refractivity contribution in [2.45, 2.75) is 37.6 Å². The van der Waals surface area contributed by atoms with Gasteiger partial charge in [0.1, 0.15) is 12.3 Å². The van der Waals surface area contributed by atoms with Gasteiger partial charge in [-0.3, -0.25) is 4.90 Å². The lowest BCUT2D eigenvalue weighted by molar-refractivity contribution is -0.137. The molecule has 2 saturated heterocycles. The van der Waals surface area contributed by atoms with E-state index in [1.807, 2.05) is 6.07 Å². The van der Waals surface area contributed by atoms with E-state index >= 15 is 0 Å². The number of methoxy groups -OCH3 is 1. The molecule has 2 aliphatic heterocycles. The summed E-state index contributed by atoms with van der Waals surface area (Å²) in [4.78, 5) is 15.9. The van der Waals surface area contributed by atoms with E-state index in [-0.39, 0.29) is 19.4 Å². The molecule has 0 bridgehead atoms. The van der Waals surface area contributed by atoms with E-state index in [9.17, 15) is 23.2 Å². The second-order valence-electron chi connectivity index (χ2n) is 9.48. The van der Waals surface area contributed by atoms with Crippen molar-refractivity contribution in [1.29, 1.82) is 5.26 Å². The van der Waals surface area contributed by atoms with Crippen LogP contribution in [-0.4, -0.2) is 68.1 Å². The summed E-state index contributed by atoms with van der Waals surface area (Å²) in [6, 6.07) is 12.2. The maximum atomic E-state index is 13.3. The van der Waals surface area contributed by atoms with E-state index in [0.29, 0.717) is 35.4 Å². The smallest absolute Gasteiger partial charge is 0.416 e. The normalized spacial score (nSPS) is 17.7. The quantitative estimate of drug-likeness (QED) is 0.434. The number of likely N-dealkylation sites (tertiary alicyclic amines) is 1. The molecular weight excluding hydrogens is 487 g/mol. The van der Waals surface area contributed by atoms with Crippen molar-refractivity contribution >= 4 is 6.09 Å². The molecule has 0 unspecified atom stereocenters. The number of hydrogen-bond acceptors (Lipinski definition) is 6. The third-order valence-electron chi connectivity index (χ3n) is 6.85. The molecule has 2 aromatic carbocycles. The molecule has 1 spiro atoms. The molecule has 37 heavy (non-hydrogen) atoms. The Balaban J connectivity index is 1.29. The second kappa shape index (κ2) is 11.5. The van der Waals surface area contributed by atoms with E-state index < -0.39 is 17.3 Å². The van der Waals surface area contributed by atoms with Crippen LogP contribution in [0.5, 0.6) is 0 Å². The second-order valence-corrected chi connectivity index (χ2v) is 9.48. The Morgan fingerprint density at radius 3 is 2.65 bits per heavy atom. The molecule has 0 N–H and O–H groups in total. The third kappa shape index (κ3) is 6.60. The minimum atomic E-state index is -4.47. The Kier molecular flexibility index (Phi) is 8.37. The van der Waals surface area contributed by atoms with E-state index in [1.54, 1.807) is 36.3 Å². The van der Waals surface area contributed by atoms with Crippen molar-refractivity contribution in [3.8, 4) is 17.2 Å². The molecule has 2 heterocycles. The molecule has 4 rings (SSSR count). The van der Waals surface area contributed by atoms with E-state index in [4.69, 9.17) is 14.2 Å². The first-order chi connectivity index (χ1) is 17.7. The van der Waals surface area contributed by atoms with Gasteiger partial charge in [-0.25, -0.2) is 4.79 Å². The summed E-state index contributed by atoms with van der Waals surface area (Å²) in [5.41, 5.74) is 0.777. The number of halogens is 3. The van der Waals surface area contributed by atoms with Crippen molar-refractivity contribution in [3.05, 3.63) is 59.2 Å². The van der Waals surface area contributed by atoms with Crippen LogP contribution in [0, 0.1) is 11.3 Å². The molecule has 0 saturated carbocycles. The summed E-state index contributed by atoms with van der Waals surface area (Å²) >= 11 is 0. The fraction of sp³-hybridized carbons (Fsp3) is 0.481. The highest BCUT2D eigenvalue weighted by Gasteiger charge is 2.46. The van der Waals surface area contributed by atoms with Gasteiger partial charge >= 0.3 is 12.3 Å². The minimum absolute atomic E-state index is 0.165. The predicted molar refractivity (Wildman–Crippen MR) is 129 cm³/mol. The molecule has 7 nitrogen and oxygen atoms in total. The number of nitrogens with zero attached hydrogens (tertiary/aromatic N) is 3. The number of benzene rings is 2. The average Bonchev–Trinajstić information content (AvgIpc) is 3.19. The van der Waals surface area contributed by atoms with Gasteiger partial charge in [0, 0.05) is 46.2 Å². The number of carbonyl (C=O) groups excluding carboxylic acids is 1. The van der Waals surface area contributed by atoms with Crippen molar-refractivity contribution in [3.63, 3.8) is 0 Å². The van der Waals surface area contributed by atoms with Crippen LogP contribution in [0.25, 0.3) is 11.1 Å². The molecule has 2 aromatic rings. The SMILES string of the molecule is COCN1CC2(CCN(CCCOCc3ccc(C(F)(F)F)cc3-c3cccc(C#N)c3)CC2)OC1=O. The summed E-state index contributed by atoms with van der Waals surface area (Å²) < 4.78 is 56.6. The number of amides is 1. The van der Waals surface area contributed by atoms with Gasteiger partial charge in [-0.2, -0.15) is 18.4 Å². The maximum Gasteiger partial charge on any atom is 0.416 e. The minimum Gasteiger partial charge on any atom is -0.441 e. The Labute approximate surface area is 214 Å². The lowest BCUT2D eigenvalue weighted by atomic mass is 9.91. The van der Waals surface area contributed by atoms with Crippen LogP contribution in [0.15, 0.2) is 42.5 Å². The largest absolute Gasteiger partial charge is 0.441 e. The molecule has 0 aromatic heterocycles. The molecule has 0 aliphatic carbocycles. The summed E-state index contributed by atoms with van der Waals surface area (Å²) in [6.45, 7) is 3.83. The van der Waals surface area contributed by atoms with Gasteiger partial charge in [0.15, 0.2) is 0 Å². The maximum absolute atomic E-state index is 13.3. The number of piperidine rings is 1. The first kappa shape index (κ1) is 26.9. The van der Waals surface area contributed by atoms with Crippen LogP contribution >= 0.6 is 0 Å². The van der Waals surface area contributed by atoms with E-state index in [2.05, 4.69) is 4.90 Å². The lowest BCUT2D eigenvalue weighted by Crippen LogP contribution is -2.47. The van der Waals surface area contributed by atoms with Gasteiger partial charge in [-0.1, -0.05) is 18.2 Å². The number of ether oxygens (including phenoxy) is 3. The first-order valence-electron chi connectivity index (χ1n) is 12.2. The highest BCUT2D eigenvalue weighted by molar-refractivity contribution is 5.71. The zero-order valence-electron chi connectivity index (χ0n) is 20.7. The van der Waals surface area contributed by atoms with Crippen molar-refractivity contribution in [1.82, 2.24) is 9.80 Å². The number of nitriles is 1. The van der Waals surface area contributed by atoms with E-state index in [0.717, 1.165) is 51.0 Å². The monoisotopic (exact) mass is 517 g/mol. The van der Waals surface area contributed by atoms with Crippen molar-refractivity contribution in [2.75, 3.05) is 46.6 Å². The fourth-order valence-electron chi connectivity index (χ4n) is 4.87. The number of carbonyl (C=O) groups is 1. The van der Waals surface area contributed by atoms with Crippen LogP contribution in [0.2, 0.25) is 0 Å². The van der Waals surface area contributed by atoms with Crippen LogP contribution in [0.4, 0.5) is 18.0 Å². The molecular formula is C27H30F3N3O4. The van der Waals surface area contributed by atoms with Gasteiger partial charge in [0.2, 0.25) is 0 Å². The Hall–Kier alpha value is -3.13. The van der Waals surface area contributed by atoms with E-state index in [1.165, 1.54) is 6.07 Å². The number of hydrogen-bond donors (Lipinski definition) is 0. The third-order valence-corrected chi connectivity index (χ3v) is 6.85. The van der Waals surface area contributed by atoms with Crippen LogP contribution < -0.4 is 0 Å².